The quantitative estimate of drug-likeness (QED) is 0.932. The van der Waals surface area contributed by atoms with Crippen LogP contribution in [0.4, 0.5) is 0 Å². The first-order valence-corrected chi connectivity index (χ1v) is 6.87. The average molecular weight is 273 g/mol. The molecule has 2 rings (SSSR count). The molecule has 20 heavy (non-hydrogen) atoms. The van der Waals surface area contributed by atoms with Crippen molar-refractivity contribution in [2.75, 3.05) is 7.11 Å². The largest absolute Gasteiger partial charge is 0.497 e. The Morgan fingerprint density at radius 2 is 1.95 bits per heavy atom. The van der Waals surface area contributed by atoms with Gasteiger partial charge in [0, 0.05) is 11.7 Å². The second-order valence-electron chi connectivity index (χ2n) is 5.32. The highest BCUT2D eigenvalue weighted by atomic mass is 16.5. The molecule has 1 heterocycles. The van der Waals surface area contributed by atoms with Crippen LogP contribution < -0.4 is 10.5 Å². The number of hydrogen-bond donors (Lipinski definition) is 1. The molecule has 0 bridgehead atoms. The molecule has 0 radical (unpaired) electrons. The normalized spacial score (nSPS) is 14.1. The molecule has 4 heteroatoms. The molecule has 0 aliphatic rings. The van der Waals surface area contributed by atoms with E-state index in [0.29, 0.717) is 0 Å². The van der Waals surface area contributed by atoms with E-state index in [1.54, 1.807) is 7.11 Å². The van der Waals surface area contributed by atoms with Crippen LogP contribution in [-0.2, 0) is 0 Å². The van der Waals surface area contributed by atoms with Gasteiger partial charge in [-0.3, -0.25) is 4.68 Å². The molecule has 2 atom stereocenters. The fourth-order valence-corrected chi connectivity index (χ4v) is 2.51. The summed E-state index contributed by atoms with van der Waals surface area (Å²) in [5.74, 6) is 0.839. The second-order valence-corrected chi connectivity index (χ2v) is 5.32. The lowest BCUT2D eigenvalue weighted by molar-refractivity contribution is 0.408. The zero-order valence-electron chi connectivity index (χ0n) is 12.8. The first kappa shape index (κ1) is 14.6. The number of nitrogens with two attached hydrogens (primary N) is 1. The zero-order chi connectivity index (χ0) is 14.9. The molecular formula is C16H23N3O. The lowest BCUT2D eigenvalue weighted by Gasteiger charge is -2.24. The van der Waals surface area contributed by atoms with Crippen LogP contribution in [0.3, 0.4) is 0 Å². The molecule has 0 saturated heterocycles. The topological polar surface area (TPSA) is 53.1 Å². The minimum absolute atomic E-state index is 0.0116. The Hall–Kier alpha value is -1.81. The van der Waals surface area contributed by atoms with Crippen molar-refractivity contribution in [1.82, 2.24) is 9.78 Å². The Morgan fingerprint density at radius 3 is 2.45 bits per heavy atom. The number of methoxy groups -OCH3 is 1. The van der Waals surface area contributed by atoms with Gasteiger partial charge in [-0.2, -0.15) is 5.10 Å². The number of rotatable bonds is 4. The molecule has 0 aliphatic carbocycles. The van der Waals surface area contributed by atoms with E-state index >= 15 is 0 Å². The smallest absolute Gasteiger partial charge is 0.119 e. The number of aromatic nitrogens is 2. The highest BCUT2D eigenvalue weighted by Gasteiger charge is 2.22. The summed E-state index contributed by atoms with van der Waals surface area (Å²) in [5, 5.41) is 4.66. The predicted octanol–water partition coefficient (Wildman–Crippen LogP) is 2.75. The van der Waals surface area contributed by atoms with Gasteiger partial charge >= 0.3 is 0 Å². The third kappa shape index (κ3) is 2.56. The van der Waals surface area contributed by atoms with Crippen molar-refractivity contribution in [2.24, 2.45) is 5.73 Å². The summed E-state index contributed by atoms with van der Waals surface area (Å²) in [6.07, 6.45) is 0. The minimum Gasteiger partial charge on any atom is -0.497 e. The number of aryl methyl sites for hydroxylation is 1. The molecule has 108 valence electrons. The molecule has 2 aromatic rings. The summed E-state index contributed by atoms with van der Waals surface area (Å²) in [6, 6.07) is 8.00. The van der Waals surface area contributed by atoms with Crippen molar-refractivity contribution in [2.45, 2.75) is 39.8 Å². The predicted molar refractivity (Wildman–Crippen MR) is 81.2 cm³/mol. The van der Waals surface area contributed by atoms with Crippen molar-refractivity contribution in [1.29, 1.82) is 0 Å². The minimum atomic E-state index is -0.0421. The van der Waals surface area contributed by atoms with Crippen molar-refractivity contribution < 1.29 is 4.74 Å². The highest BCUT2D eigenvalue weighted by Crippen LogP contribution is 2.27. The van der Waals surface area contributed by atoms with Gasteiger partial charge in [0.2, 0.25) is 0 Å². The molecule has 0 amide bonds. The van der Waals surface area contributed by atoms with Crippen LogP contribution in [0.1, 0.15) is 35.5 Å². The summed E-state index contributed by atoms with van der Waals surface area (Å²) in [6.45, 7) is 8.22. The van der Waals surface area contributed by atoms with Crippen LogP contribution in [-0.4, -0.2) is 22.9 Å². The van der Waals surface area contributed by atoms with Gasteiger partial charge in [-0.05, 0) is 51.0 Å². The standard InChI is InChI=1S/C16H23N3O/c1-10-12(3)18-19(13(10)4)16(11(2)17)14-7-6-8-15(9-14)20-5/h6-9,11,16H,17H2,1-5H3. The number of ether oxygens (including phenoxy) is 1. The van der Waals surface area contributed by atoms with Gasteiger partial charge in [0.05, 0.1) is 18.8 Å². The van der Waals surface area contributed by atoms with Gasteiger partial charge in [0.15, 0.2) is 0 Å². The van der Waals surface area contributed by atoms with Gasteiger partial charge < -0.3 is 10.5 Å². The average Bonchev–Trinajstić information content (AvgIpc) is 2.67. The summed E-state index contributed by atoms with van der Waals surface area (Å²) in [4.78, 5) is 0. The van der Waals surface area contributed by atoms with Gasteiger partial charge in [-0.1, -0.05) is 12.1 Å². The van der Waals surface area contributed by atoms with Crippen LogP contribution in [0.25, 0.3) is 0 Å². The Labute approximate surface area is 120 Å². The second kappa shape index (κ2) is 5.67. The van der Waals surface area contributed by atoms with E-state index in [0.717, 1.165) is 22.7 Å². The summed E-state index contributed by atoms with van der Waals surface area (Å²) in [7, 11) is 1.67. The molecule has 2 N–H and O–H groups in total. The summed E-state index contributed by atoms with van der Waals surface area (Å²) in [5.41, 5.74) is 10.8. The Morgan fingerprint density at radius 1 is 1.25 bits per heavy atom. The van der Waals surface area contributed by atoms with Crippen LogP contribution in [0.2, 0.25) is 0 Å². The highest BCUT2D eigenvalue weighted by molar-refractivity contribution is 5.33. The van der Waals surface area contributed by atoms with Crippen LogP contribution in [0, 0.1) is 20.8 Å². The van der Waals surface area contributed by atoms with Crippen molar-refractivity contribution in [3.05, 3.63) is 46.8 Å². The maximum Gasteiger partial charge on any atom is 0.119 e. The Bertz CT molecular complexity index is 602. The van der Waals surface area contributed by atoms with E-state index < -0.39 is 0 Å². The van der Waals surface area contributed by atoms with Crippen molar-refractivity contribution in [3.63, 3.8) is 0 Å². The van der Waals surface area contributed by atoms with Gasteiger partial charge in [-0.15, -0.1) is 0 Å². The Kier molecular flexibility index (Phi) is 4.14. The van der Waals surface area contributed by atoms with Gasteiger partial charge in [0.1, 0.15) is 5.75 Å². The third-order valence-electron chi connectivity index (χ3n) is 3.88. The van der Waals surface area contributed by atoms with E-state index in [-0.39, 0.29) is 12.1 Å². The number of nitrogens with zero attached hydrogens (tertiary/aromatic N) is 2. The maximum absolute atomic E-state index is 6.22. The van der Waals surface area contributed by atoms with E-state index in [1.807, 2.05) is 36.7 Å². The summed E-state index contributed by atoms with van der Waals surface area (Å²) >= 11 is 0. The first-order chi connectivity index (χ1) is 9.45. The number of hydrogen-bond acceptors (Lipinski definition) is 3. The lowest BCUT2D eigenvalue weighted by atomic mass is 10.0. The number of benzene rings is 1. The van der Waals surface area contributed by atoms with E-state index in [1.165, 1.54) is 5.56 Å². The van der Waals surface area contributed by atoms with Crippen molar-refractivity contribution >= 4 is 0 Å². The monoisotopic (exact) mass is 273 g/mol. The molecule has 0 aliphatic heterocycles. The van der Waals surface area contributed by atoms with Gasteiger partial charge in [-0.25, -0.2) is 0 Å². The van der Waals surface area contributed by atoms with E-state index in [2.05, 4.69) is 25.0 Å². The SMILES string of the molecule is COc1cccc(C(C(C)N)n2nc(C)c(C)c2C)c1. The molecule has 0 spiro atoms. The lowest BCUT2D eigenvalue weighted by Crippen LogP contribution is -2.31. The van der Waals surface area contributed by atoms with E-state index in [9.17, 15) is 0 Å². The molecular weight excluding hydrogens is 250 g/mol. The molecule has 0 fully saturated rings. The third-order valence-corrected chi connectivity index (χ3v) is 3.88. The van der Waals surface area contributed by atoms with Crippen LogP contribution >= 0.6 is 0 Å². The van der Waals surface area contributed by atoms with Crippen LogP contribution in [0.15, 0.2) is 24.3 Å². The molecule has 4 nitrogen and oxygen atoms in total. The summed E-state index contributed by atoms with van der Waals surface area (Å²) < 4.78 is 7.34. The zero-order valence-corrected chi connectivity index (χ0v) is 12.8. The molecule has 1 aromatic heterocycles. The fourth-order valence-electron chi connectivity index (χ4n) is 2.51. The first-order valence-electron chi connectivity index (χ1n) is 6.87. The van der Waals surface area contributed by atoms with Crippen molar-refractivity contribution in [3.8, 4) is 5.75 Å². The maximum atomic E-state index is 6.22. The molecule has 2 unspecified atom stereocenters. The molecule has 1 aromatic carbocycles. The molecule has 0 saturated carbocycles. The fraction of sp³-hybridized carbons (Fsp3) is 0.438. The van der Waals surface area contributed by atoms with Gasteiger partial charge in [0.25, 0.3) is 0 Å². The van der Waals surface area contributed by atoms with E-state index in [4.69, 9.17) is 10.5 Å². The van der Waals surface area contributed by atoms with Crippen LogP contribution in [0.5, 0.6) is 5.75 Å². The Balaban J connectivity index is 2.53.